The molecule has 34 heavy (non-hydrogen) atoms. The van der Waals surface area contributed by atoms with Crippen molar-refractivity contribution in [1.82, 2.24) is 10.2 Å². The number of rotatable bonds is 7. The van der Waals surface area contributed by atoms with Crippen LogP contribution in [0, 0.1) is 5.92 Å². The quantitative estimate of drug-likeness (QED) is 0.636. The second-order valence-corrected chi connectivity index (χ2v) is 9.61. The maximum absolute atomic E-state index is 13.5. The Hall–Kier alpha value is -3.35. The lowest BCUT2D eigenvalue weighted by atomic mass is 9.81. The van der Waals surface area contributed by atoms with Crippen LogP contribution in [0.3, 0.4) is 0 Å². The highest BCUT2D eigenvalue weighted by Gasteiger charge is 2.51. The zero-order valence-corrected chi connectivity index (χ0v) is 19.2. The summed E-state index contributed by atoms with van der Waals surface area (Å²) >= 11 is 0. The molecule has 3 atom stereocenters. The van der Waals surface area contributed by atoms with E-state index >= 15 is 0 Å². The largest absolute Gasteiger partial charge is 0.481 e. The third-order valence-corrected chi connectivity index (χ3v) is 7.37. The van der Waals surface area contributed by atoms with Crippen molar-refractivity contribution < 1.29 is 19.5 Å². The molecule has 7 heteroatoms. The van der Waals surface area contributed by atoms with Gasteiger partial charge >= 0.3 is 12.0 Å². The van der Waals surface area contributed by atoms with Crippen molar-refractivity contribution in [3.8, 4) is 0 Å². The number of carbonyl (C=O) groups is 3. The van der Waals surface area contributed by atoms with E-state index in [2.05, 4.69) is 5.32 Å². The van der Waals surface area contributed by atoms with E-state index < -0.39 is 5.97 Å². The summed E-state index contributed by atoms with van der Waals surface area (Å²) < 4.78 is 0. The summed E-state index contributed by atoms with van der Waals surface area (Å²) in [5.74, 6) is -0.891. The van der Waals surface area contributed by atoms with Crippen LogP contribution in [-0.2, 0) is 16.1 Å². The summed E-state index contributed by atoms with van der Waals surface area (Å²) in [6.45, 7) is 0.459. The fourth-order valence-electron chi connectivity index (χ4n) is 5.78. The fourth-order valence-corrected chi connectivity index (χ4v) is 5.78. The molecule has 2 aromatic rings. The molecular weight excluding hydrogens is 430 g/mol. The van der Waals surface area contributed by atoms with Crippen LogP contribution in [0.1, 0.15) is 62.1 Å². The van der Waals surface area contributed by atoms with Gasteiger partial charge in [0, 0.05) is 31.0 Å². The van der Waals surface area contributed by atoms with Gasteiger partial charge in [0.25, 0.3) is 0 Å². The average molecular weight is 462 g/mol. The Bertz CT molecular complexity index is 1070. The molecule has 2 fully saturated rings. The number of nitrogens with zero attached hydrogens (tertiary/aromatic N) is 2. The number of hydrogen-bond donors (Lipinski definition) is 2. The third kappa shape index (κ3) is 4.39. The van der Waals surface area contributed by atoms with Gasteiger partial charge in [-0.25, -0.2) is 4.79 Å². The highest BCUT2D eigenvalue weighted by Crippen LogP contribution is 2.52. The topological polar surface area (TPSA) is 90.0 Å². The number of amides is 3. The number of carboxylic acids is 1. The van der Waals surface area contributed by atoms with E-state index in [9.17, 15) is 14.4 Å². The summed E-state index contributed by atoms with van der Waals surface area (Å²) in [5, 5.41) is 12.2. The Balaban J connectivity index is 1.46. The lowest BCUT2D eigenvalue weighted by Crippen LogP contribution is -2.55. The molecule has 1 aliphatic heterocycles. The first-order valence-corrected chi connectivity index (χ1v) is 12.3. The number of anilines is 1. The number of nitrogens with one attached hydrogen (secondary N) is 1. The number of benzene rings is 2. The Morgan fingerprint density at radius 1 is 0.941 bits per heavy atom. The Labute approximate surface area is 199 Å². The lowest BCUT2D eigenvalue weighted by Gasteiger charge is -2.47. The Morgan fingerprint density at radius 3 is 2.41 bits per heavy atom. The van der Waals surface area contributed by atoms with Crippen LogP contribution in [0.25, 0.3) is 0 Å². The van der Waals surface area contributed by atoms with E-state index in [1.807, 2.05) is 64.4 Å². The second-order valence-electron chi connectivity index (χ2n) is 9.61. The van der Waals surface area contributed by atoms with Gasteiger partial charge in [0.05, 0.1) is 18.2 Å². The van der Waals surface area contributed by atoms with Gasteiger partial charge in [0.2, 0.25) is 5.91 Å². The van der Waals surface area contributed by atoms with Crippen molar-refractivity contribution in [2.24, 2.45) is 5.92 Å². The number of aliphatic carboxylic acids is 1. The molecule has 0 spiro atoms. The van der Waals surface area contributed by atoms with Gasteiger partial charge in [0.15, 0.2) is 0 Å². The molecule has 2 N–H and O–H groups in total. The number of fused-ring (bicyclic) bond motifs is 2. The second kappa shape index (κ2) is 9.49. The van der Waals surface area contributed by atoms with E-state index in [-0.39, 0.29) is 48.8 Å². The van der Waals surface area contributed by atoms with Crippen LogP contribution in [0.4, 0.5) is 10.5 Å². The molecule has 0 unspecified atom stereocenters. The van der Waals surface area contributed by atoms with Gasteiger partial charge < -0.3 is 15.3 Å². The number of carbonyl (C=O) groups excluding carboxylic acids is 2. The van der Waals surface area contributed by atoms with Gasteiger partial charge in [0.1, 0.15) is 0 Å². The Morgan fingerprint density at radius 2 is 1.68 bits per heavy atom. The van der Waals surface area contributed by atoms with E-state index in [1.165, 1.54) is 0 Å². The van der Waals surface area contributed by atoms with Crippen molar-refractivity contribution in [2.75, 3.05) is 4.90 Å². The number of carboxylic acid groups (broad SMARTS) is 1. The smallest absolute Gasteiger partial charge is 0.322 e. The molecule has 0 saturated heterocycles. The van der Waals surface area contributed by atoms with Crippen LogP contribution in [0.5, 0.6) is 0 Å². The van der Waals surface area contributed by atoms with Crippen molar-refractivity contribution in [1.29, 1.82) is 0 Å². The molecule has 7 nitrogen and oxygen atoms in total. The molecule has 3 amide bonds. The minimum atomic E-state index is -0.951. The molecule has 0 aromatic heterocycles. The highest BCUT2D eigenvalue weighted by molar-refractivity contribution is 5.94. The summed E-state index contributed by atoms with van der Waals surface area (Å²) in [5.41, 5.74) is 2.90. The molecule has 0 bridgehead atoms. The van der Waals surface area contributed by atoms with Crippen molar-refractivity contribution in [2.45, 2.75) is 69.6 Å². The molecule has 2 aromatic carbocycles. The normalized spacial score (nSPS) is 23.1. The minimum absolute atomic E-state index is 0.0170. The van der Waals surface area contributed by atoms with Gasteiger partial charge in [-0.3, -0.25) is 14.5 Å². The number of para-hydroxylation sites is 1. The van der Waals surface area contributed by atoms with Crippen LogP contribution >= 0.6 is 0 Å². The van der Waals surface area contributed by atoms with Gasteiger partial charge in [-0.1, -0.05) is 55.0 Å². The van der Waals surface area contributed by atoms with E-state index in [4.69, 9.17) is 5.11 Å². The highest BCUT2D eigenvalue weighted by atomic mass is 16.4. The molecule has 2 saturated carbocycles. The van der Waals surface area contributed by atoms with Crippen LogP contribution in [0.15, 0.2) is 54.6 Å². The van der Waals surface area contributed by atoms with Crippen molar-refractivity contribution in [3.05, 3.63) is 65.7 Å². The molecule has 3 aliphatic rings. The van der Waals surface area contributed by atoms with Crippen LogP contribution in [0.2, 0.25) is 0 Å². The molecule has 0 radical (unpaired) electrons. The summed E-state index contributed by atoms with van der Waals surface area (Å²) in [7, 11) is 0. The number of hydrogen-bond acceptors (Lipinski definition) is 3. The predicted molar refractivity (Wildman–Crippen MR) is 128 cm³/mol. The van der Waals surface area contributed by atoms with Gasteiger partial charge in [-0.05, 0) is 42.9 Å². The molecule has 5 rings (SSSR count). The first-order chi connectivity index (χ1) is 16.5. The molecule has 2 aliphatic carbocycles. The number of urea groups is 1. The maximum Gasteiger partial charge on any atom is 0.322 e. The zero-order chi connectivity index (χ0) is 23.7. The fraction of sp³-hybridized carbons (Fsp3) is 0.444. The summed E-state index contributed by atoms with van der Waals surface area (Å²) in [4.78, 5) is 41.8. The van der Waals surface area contributed by atoms with Crippen LogP contribution < -0.4 is 10.2 Å². The van der Waals surface area contributed by atoms with Crippen molar-refractivity contribution in [3.63, 3.8) is 0 Å². The van der Waals surface area contributed by atoms with Crippen molar-refractivity contribution >= 4 is 23.6 Å². The van der Waals surface area contributed by atoms with E-state index in [0.717, 1.165) is 48.9 Å². The minimum Gasteiger partial charge on any atom is -0.481 e. The first kappa shape index (κ1) is 22.4. The van der Waals surface area contributed by atoms with Gasteiger partial charge in [-0.2, -0.15) is 0 Å². The summed E-state index contributed by atoms with van der Waals surface area (Å²) in [6.07, 6.45) is 4.62. The van der Waals surface area contributed by atoms with E-state index in [0.29, 0.717) is 6.54 Å². The van der Waals surface area contributed by atoms with E-state index in [1.54, 1.807) is 0 Å². The SMILES string of the molecule is O=C(O)CCC(=O)N(C1CC1)[C@H]1c2ccccc2N(C(=O)NCc2ccccc2)[C@@H]2CCC[C@@H]21. The monoisotopic (exact) mass is 461 g/mol. The molecule has 178 valence electrons. The maximum atomic E-state index is 13.5. The van der Waals surface area contributed by atoms with Crippen LogP contribution in [-0.4, -0.2) is 40.0 Å². The Kier molecular flexibility index (Phi) is 6.26. The molecular formula is C27H31N3O4. The lowest BCUT2D eigenvalue weighted by molar-refractivity contribution is -0.142. The molecule has 1 heterocycles. The first-order valence-electron chi connectivity index (χ1n) is 12.3. The average Bonchev–Trinajstić information content (AvgIpc) is 3.57. The van der Waals surface area contributed by atoms with Gasteiger partial charge in [-0.15, -0.1) is 0 Å². The predicted octanol–water partition coefficient (Wildman–Crippen LogP) is 4.48. The standard InChI is InChI=1S/C27H31N3O4/c31-24(15-16-25(32)33)29(19-13-14-19)26-20-9-4-5-11-22(20)30(23-12-6-10-21(23)26)27(34)28-17-18-7-2-1-3-8-18/h1-5,7-9,11,19,21,23,26H,6,10,12-17H2,(H,28,34)(H,32,33)/t21-,23+,26-/m0/s1. The summed E-state index contributed by atoms with van der Waals surface area (Å²) in [6, 6.07) is 17.7. The third-order valence-electron chi connectivity index (χ3n) is 7.37. The zero-order valence-electron chi connectivity index (χ0n) is 19.2.